The molecule has 2 aromatic carbocycles. The molecule has 0 saturated carbocycles. The van der Waals surface area contributed by atoms with E-state index in [2.05, 4.69) is 12.1 Å². The summed E-state index contributed by atoms with van der Waals surface area (Å²) < 4.78 is 13.3. The van der Waals surface area contributed by atoms with Crippen LogP contribution in [-0.2, 0) is 17.6 Å². The molecular weight excluding hydrogens is 301 g/mol. The number of hydrogen-bond donors (Lipinski definition) is 0. The number of aryl methyl sites for hydroxylation is 1. The minimum absolute atomic E-state index is 0.203. The average Bonchev–Trinajstić information content (AvgIpc) is 3.04. The van der Waals surface area contributed by atoms with E-state index in [4.69, 9.17) is 0 Å². The highest BCUT2D eigenvalue weighted by atomic mass is 19.1. The number of hydrogen-bond acceptors (Lipinski definition) is 1. The standard InChI is InChI=1S/C21H24FNO/c22-19-11-4-10-18(15-19)16-20-12-6-14-23(20)21(24)13-5-9-17-7-2-1-3-8-17/h1-4,7-8,10-11,15,20H,5-6,9,12-14,16H2. The third kappa shape index (κ3) is 4.44. The minimum Gasteiger partial charge on any atom is -0.339 e. The molecule has 1 heterocycles. The van der Waals surface area contributed by atoms with Gasteiger partial charge in [0, 0.05) is 19.0 Å². The highest BCUT2D eigenvalue weighted by Gasteiger charge is 2.28. The van der Waals surface area contributed by atoms with Crippen LogP contribution < -0.4 is 0 Å². The normalized spacial score (nSPS) is 17.2. The molecule has 0 bridgehead atoms. The molecule has 0 spiro atoms. The van der Waals surface area contributed by atoms with Gasteiger partial charge in [-0.25, -0.2) is 4.39 Å². The van der Waals surface area contributed by atoms with Crippen molar-refractivity contribution >= 4 is 5.91 Å². The molecule has 126 valence electrons. The lowest BCUT2D eigenvalue weighted by atomic mass is 10.0. The summed E-state index contributed by atoms with van der Waals surface area (Å²) in [6.07, 6.45) is 5.23. The number of likely N-dealkylation sites (tertiary alicyclic amines) is 1. The van der Waals surface area contributed by atoms with Crippen molar-refractivity contribution in [3.63, 3.8) is 0 Å². The van der Waals surface area contributed by atoms with Gasteiger partial charge in [0.15, 0.2) is 0 Å². The summed E-state index contributed by atoms with van der Waals surface area (Å²) >= 11 is 0. The predicted molar refractivity (Wildman–Crippen MR) is 94.2 cm³/mol. The van der Waals surface area contributed by atoms with Gasteiger partial charge >= 0.3 is 0 Å². The van der Waals surface area contributed by atoms with Gasteiger partial charge in [0.1, 0.15) is 5.82 Å². The van der Waals surface area contributed by atoms with E-state index in [0.29, 0.717) is 6.42 Å². The fraction of sp³-hybridized carbons (Fsp3) is 0.381. The molecule has 3 rings (SSSR count). The van der Waals surface area contributed by atoms with Gasteiger partial charge in [-0.05, 0) is 55.4 Å². The smallest absolute Gasteiger partial charge is 0.222 e. The van der Waals surface area contributed by atoms with Crippen molar-refractivity contribution in [2.24, 2.45) is 0 Å². The zero-order valence-electron chi connectivity index (χ0n) is 14.0. The van der Waals surface area contributed by atoms with Gasteiger partial charge in [0.2, 0.25) is 5.91 Å². The van der Waals surface area contributed by atoms with E-state index < -0.39 is 0 Å². The molecule has 1 saturated heterocycles. The summed E-state index contributed by atoms with van der Waals surface area (Å²) in [6.45, 7) is 0.837. The van der Waals surface area contributed by atoms with E-state index in [9.17, 15) is 9.18 Å². The van der Waals surface area contributed by atoms with E-state index in [1.54, 1.807) is 12.1 Å². The largest absolute Gasteiger partial charge is 0.339 e. The fourth-order valence-electron chi connectivity index (χ4n) is 3.54. The van der Waals surface area contributed by atoms with Crippen LogP contribution in [0.25, 0.3) is 0 Å². The van der Waals surface area contributed by atoms with E-state index in [0.717, 1.165) is 44.2 Å². The second-order valence-corrected chi connectivity index (χ2v) is 6.56. The first-order chi connectivity index (χ1) is 11.7. The number of carbonyl (C=O) groups is 1. The molecule has 1 unspecified atom stereocenters. The summed E-state index contributed by atoms with van der Waals surface area (Å²) in [5, 5.41) is 0. The Morgan fingerprint density at radius 2 is 1.88 bits per heavy atom. The number of nitrogens with zero attached hydrogens (tertiary/aromatic N) is 1. The Balaban J connectivity index is 1.51. The van der Waals surface area contributed by atoms with Gasteiger partial charge in [-0.3, -0.25) is 4.79 Å². The maximum atomic E-state index is 13.3. The summed E-state index contributed by atoms with van der Waals surface area (Å²) in [5.74, 6) is 0.0380. The fourth-order valence-corrected chi connectivity index (χ4v) is 3.54. The van der Waals surface area contributed by atoms with Crippen molar-refractivity contribution < 1.29 is 9.18 Å². The first-order valence-corrected chi connectivity index (χ1v) is 8.80. The molecule has 0 N–H and O–H groups in total. The van der Waals surface area contributed by atoms with Gasteiger partial charge in [0.05, 0.1) is 0 Å². The molecule has 2 nitrogen and oxygen atoms in total. The van der Waals surface area contributed by atoms with Crippen molar-refractivity contribution in [3.8, 4) is 0 Å². The lowest BCUT2D eigenvalue weighted by molar-refractivity contribution is -0.132. The molecule has 0 radical (unpaired) electrons. The van der Waals surface area contributed by atoms with Crippen molar-refractivity contribution in [1.29, 1.82) is 0 Å². The summed E-state index contributed by atoms with van der Waals surface area (Å²) in [4.78, 5) is 14.6. The molecule has 1 amide bonds. The van der Waals surface area contributed by atoms with Crippen molar-refractivity contribution in [2.75, 3.05) is 6.54 Å². The summed E-state index contributed by atoms with van der Waals surface area (Å²) in [5.41, 5.74) is 2.26. The molecule has 1 fully saturated rings. The maximum absolute atomic E-state index is 13.3. The first-order valence-electron chi connectivity index (χ1n) is 8.80. The number of halogens is 1. The van der Waals surface area contributed by atoms with Gasteiger partial charge in [-0.2, -0.15) is 0 Å². The Morgan fingerprint density at radius 3 is 2.67 bits per heavy atom. The number of amides is 1. The van der Waals surface area contributed by atoms with Crippen LogP contribution in [0.2, 0.25) is 0 Å². The molecule has 2 aromatic rings. The van der Waals surface area contributed by atoms with Crippen LogP contribution in [-0.4, -0.2) is 23.4 Å². The van der Waals surface area contributed by atoms with Crippen LogP contribution in [0, 0.1) is 5.82 Å². The lowest BCUT2D eigenvalue weighted by Gasteiger charge is -2.25. The first kappa shape index (κ1) is 16.7. The Bertz CT molecular complexity index is 671. The second-order valence-electron chi connectivity index (χ2n) is 6.56. The van der Waals surface area contributed by atoms with Crippen LogP contribution in [0.5, 0.6) is 0 Å². The average molecular weight is 325 g/mol. The predicted octanol–water partition coefficient (Wildman–Crippen LogP) is 4.38. The van der Waals surface area contributed by atoms with Crippen molar-refractivity contribution in [3.05, 3.63) is 71.5 Å². The molecule has 1 aliphatic heterocycles. The molecule has 0 aromatic heterocycles. The molecule has 0 aliphatic carbocycles. The second kappa shape index (κ2) is 8.09. The maximum Gasteiger partial charge on any atom is 0.222 e. The molecule has 1 atom stereocenters. The van der Waals surface area contributed by atoms with E-state index in [1.807, 2.05) is 29.2 Å². The third-order valence-corrected chi connectivity index (χ3v) is 4.76. The quantitative estimate of drug-likeness (QED) is 0.772. The van der Waals surface area contributed by atoms with Gasteiger partial charge in [-0.15, -0.1) is 0 Å². The lowest BCUT2D eigenvalue weighted by Crippen LogP contribution is -2.36. The molecule has 3 heteroatoms. The number of benzene rings is 2. The number of carbonyl (C=O) groups excluding carboxylic acids is 1. The summed E-state index contributed by atoms with van der Waals surface area (Å²) in [6, 6.07) is 17.2. The van der Waals surface area contributed by atoms with Crippen LogP contribution in [0.3, 0.4) is 0 Å². The monoisotopic (exact) mass is 325 g/mol. The van der Waals surface area contributed by atoms with Crippen molar-refractivity contribution in [1.82, 2.24) is 4.90 Å². The highest BCUT2D eigenvalue weighted by molar-refractivity contribution is 5.76. The number of rotatable bonds is 6. The van der Waals surface area contributed by atoms with Crippen LogP contribution >= 0.6 is 0 Å². The molecule has 1 aliphatic rings. The van der Waals surface area contributed by atoms with E-state index in [-0.39, 0.29) is 17.8 Å². The van der Waals surface area contributed by atoms with E-state index in [1.165, 1.54) is 11.6 Å². The Labute approximate surface area is 143 Å². The third-order valence-electron chi connectivity index (χ3n) is 4.76. The highest BCUT2D eigenvalue weighted by Crippen LogP contribution is 2.23. The van der Waals surface area contributed by atoms with E-state index >= 15 is 0 Å². The SMILES string of the molecule is O=C(CCCc1ccccc1)N1CCCC1Cc1cccc(F)c1. The van der Waals surface area contributed by atoms with Crippen LogP contribution in [0.1, 0.15) is 36.8 Å². The summed E-state index contributed by atoms with van der Waals surface area (Å²) in [7, 11) is 0. The Kier molecular flexibility index (Phi) is 5.63. The molecular formula is C21H24FNO. The van der Waals surface area contributed by atoms with Crippen molar-refractivity contribution in [2.45, 2.75) is 44.6 Å². The van der Waals surface area contributed by atoms with Gasteiger partial charge in [0.25, 0.3) is 0 Å². The zero-order chi connectivity index (χ0) is 16.8. The van der Waals surface area contributed by atoms with Crippen LogP contribution in [0.4, 0.5) is 4.39 Å². The van der Waals surface area contributed by atoms with Gasteiger partial charge in [-0.1, -0.05) is 42.5 Å². The Morgan fingerprint density at radius 1 is 1.08 bits per heavy atom. The molecule has 24 heavy (non-hydrogen) atoms. The zero-order valence-corrected chi connectivity index (χ0v) is 14.0. The minimum atomic E-state index is -0.203. The van der Waals surface area contributed by atoms with Gasteiger partial charge < -0.3 is 4.90 Å². The van der Waals surface area contributed by atoms with Crippen LogP contribution in [0.15, 0.2) is 54.6 Å². The topological polar surface area (TPSA) is 20.3 Å². The Hall–Kier alpha value is -2.16.